The standard InChI is InChI=1S/C14H12N2O2S/c17-12(13-6-3-7-19-13)8-11-14(18)16-10-5-2-1-4-9(10)15-11/h1-7,11,15H,8H2,(H,16,18)/t11-/m0/s1. The molecule has 0 unspecified atom stereocenters. The molecule has 1 aliphatic rings. The molecule has 0 fully saturated rings. The zero-order valence-electron chi connectivity index (χ0n) is 10.1. The third-order valence-corrected chi connectivity index (χ3v) is 3.93. The minimum absolute atomic E-state index is 0.0120. The van der Waals surface area contributed by atoms with E-state index in [1.165, 1.54) is 11.3 Å². The van der Waals surface area contributed by atoms with Gasteiger partial charge in [0.1, 0.15) is 6.04 Å². The van der Waals surface area contributed by atoms with Crippen molar-refractivity contribution in [3.63, 3.8) is 0 Å². The van der Waals surface area contributed by atoms with Crippen molar-refractivity contribution in [2.24, 2.45) is 0 Å². The van der Waals surface area contributed by atoms with Gasteiger partial charge in [0.05, 0.1) is 16.3 Å². The number of para-hydroxylation sites is 2. The number of hydrogen-bond acceptors (Lipinski definition) is 4. The van der Waals surface area contributed by atoms with Crippen LogP contribution >= 0.6 is 11.3 Å². The zero-order chi connectivity index (χ0) is 13.2. The second-order valence-electron chi connectivity index (χ2n) is 4.34. The Balaban J connectivity index is 1.76. The molecule has 19 heavy (non-hydrogen) atoms. The van der Waals surface area contributed by atoms with Gasteiger partial charge in [-0.05, 0) is 23.6 Å². The number of carbonyl (C=O) groups excluding carboxylic acids is 2. The van der Waals surface area contributed by atoms with Crippen LogP contribution in [0.25, 0.3) is 0 Å². The quantitative estimate of drug-likeness (QED) is 0.845. The van der Waals surface area contributed by atoms with E-state index in [4.69, 9.17) is 0 Å². The van der Waals surface area contributed by atoms with Gasteiger partial charge in [0, 0.05) is 6.42 Å². The molecule has 96 valence electrons. The van der Waals surface area contributed by atoms with Crippen LogP contribution in [0.3, 0.4) is 0 Å². The van der Waals surface area contributed by atoms with E-state index in [1.54, 1.807) is 6.07 Å². The molecule has 3 rings (SSSR count). The molecule has 0 spiro atoms. The summed E-state index contributed by atoms with van der Waals surface area (Å²) in [6, 6.07) is 10.6. The van der Waals surface area contributed by atoms with E-state index in [9.17, 15) is 9.59 Å². The molecule has 0 radical (unpaired) electrons. The van der Waals surface area contributed by atoms with Gasteiger partial charge in [0.25, 0.3) is 0 Å². The number of thiophene rings is 1. The first-order valence-electron chi connectivity index (χ1n) is 5.97. The van der Waals surface area contributed by atoms with Crippen LogP contribution in [0.1, 0.15) is 16.1 Å². The lowest BCUT2D eigenvalue weighted by Gasteiger charge is -2.26. The van der Waals surface area contributed by atoms with Crippen molar-refractivity contribution >= 4 is 34.4 Å². The molecule has 1 atom stereocenters. The second kappa shape index (κ2) is 4.85. The van der Waals surface area contributed by atoms with Gasteiger partial charge in [-0.2, -0.15) is 0 Å². The Labute approximate surface area is 114 Å². The molecule has 0 aliphatic carbocycles. The summed E-state index contributed by atoms with van der Waals surface area (Å²) in [6.07, 6.45) is 0.167. The molecule has 5 heteroatoms. The third kappa shape index (κ3) is 2.37. The predicted octanol–water partition coefficient (Wildman–Crippen LogP) is 2.75. The van der Waals surface area contributed by atoms with E-state index in [0.717, 1.165) is 11.4 Å². The van der Waals surface area contributed by atoms with E-state index in [-0.39, 0.29) is 18.1 Å². The van der Waals surface area contributed by atoms with Crippen LogP contribution < -0.4 is 10.6 Å². The maximum absolute atomic E-state index is 12.0. The molecule has 0 saturated heterocycles. The van der Waals surface area contributed by atoms with Crippen LogP contribution in [0.2, 0.25) is 0 Å². The fourth-order valence-electron chi connectivity index (χ4n) is 2.06. The average molecular weight is 272 g/mol. The van der Waals surface area contributed by atoms with E-state index >= 15 is 0 Å². The monoisotopic (exact) mass is 272 g/mol. The maximum Gasteiger partial charge on any atom is 0.247 e. The second-order valence-corrected chi connectivity index (χ2v) is 5.28. The highest BCUT2D eigenvalue weighted by molar-refractivity contribution is 7.12. The molecule has 1 amide bonds. The van der Waals surface area contributed by atoms with Crippen molar-refractivity contribution < 1.29 is 9.59 Å². The van der Waals surface area contributed by atoms with Crippen molar-refractivity contribution in [3.8, 4) is 0 Å². The minimum Gasteiger partial charge on any atom is -0.372 e. The minimum atomic E-state index is -0.510. The Morgan fingerprint density at radius 2 is 1.95 bits per heavy atom. The predicted molar refractivity (Wildman–Crippen MR) is 75.7 cm³/mol. The summed E-state index contributed by atoms with van der Waals surface area (Å²) in [7, 11) is 0. The Kier molecular flexibility index (Phi) is 3.05. The first-order valence-corrected chi connectivity index (χ1v) is 6.85. The molecule has 2 aromatic rings. The van der Waals surface area contributed by atoms with Gasteiger partial charge in [-0.15, -0.1) is 11.3 Å². The van der Waals surface area contributed by atoms with E-state index in [1.807, 2.05) is 35.7 Å². The molecule has 2 heterocycles. The van der Waals surface area contributed by atoms with Crippen LogP contribution in [0, 0.1) is 0 Å². The molecular weight excluding hydrogens is 260 g/mol. The number of anilines is 2. The summed E-state index contributed by atoms with van der Waals surface area (Å²) in [5.74, 6) is -0.175. The van der Waals surface area contributed by atoms with E-state index < -0.39 is 6.04 Å². The normalized spacial score (nSPS) is 17.3. The van der Waals surface area contributed by atoms with Crippen LogP contribution in [0.5, 0.6) is 0 Å². The van der Waals surface area contributed by atoms with Crippen molar-refractivity contribution in [3.05, 3.63) is 46.7 Å². The van der Waals surface area contributed by atoms with Gasteiger partial charge in [-0.25, -0.2) is 0 Å². The molecule has 0 saturated carbocycles. The van der Waals surface area contributed by atoms with Gasteiger partial charge in [0.15, 0.2) is 5.78 Å². The molecule has 4 nitrogen and oxygen atoms in total. The van der Waals surface area contributed by atoms with Gasteiger partial charge >= 0.3 is 0 Å². The van der Waals surface area contributed by atoms with Crippen molar-refractivity contribution in [2.45, 2.75) is 12.5 Å². The SMILES string of the molecule is O=C(C[C@@H]1Nc2ccccc2NC1=O)c1cccs1. The molecule has 1 aromatic heterocycles. The summed E-state index contributed by atoms with van der Waals surface area (Å²) in [5.41, 5.74) is 1.61. The number of Topliss-reactive ketones (excluding diaryl/α,β-unsaturated/α-hetero) is 1. The Hall–Kier alpha value is -2.14. The van der Waals surface area contributed by atoms with Gasteiger partial charge in [0.2, 0.25) is 5.91 Å². The number of hydrogen-bond donors (Lipinski definition) is 2. The average Bonchev–Trinajstić information content (AvgIpc) is 2.93. The summed E-state index contributed by atoms with van der Waals surface area (Å²) >= 11 is 1.40. The molecule has 0 bridgehead atoms. The highest BCUT2D eigenvalue weighted by Crippen LogP contribution is 2.27. The summed E-state index contributed by atoms with van der Waals surface area (Å²) in [6.45, 7) is 0. The highest BCUT2D eigenvalue weighted by atomic mass is 32.1. The number of carbonyl (C=O) groups is 2. The molecule has 2 N–H and O–H groups in total. The van der Waals surface area contributed by atoms with Gasteiger partial charge in [-0.1, -0.05) is 18.2 Å². The third-order valence-electron chi connectivity index (χ3n) is 3.02. The smallest absolute Gasteiger partial charge is 0.247 e. The van der Waals surface area contributed by atoms with Crippen LogP contribution in [-0.4, -0.2) is 17.7 Å². The number of fused-ring (bicyclic) bond motifs is 1. The lowest BCUT2D eigenvalue weighted by molar-refractivity contribution is -0.117. The van der Waals surface area contributed by atoms with Crippen LogP contribution in [0.4, 0.5) is 11.4 Å². The van der Waals surface area contributed by atoms with Crippen molar-refractivity contribution in [1.29, 1.82) is 0 Å². The Morgan fingerprint density at radius 1 is 1.16 bits per heavy atom. The van der Waals surface area contributed by atoms with Gasteiger partial charge < -0.3 is 10.6 Å². The molecule has 1 aliphatic heterocycles. The highest BCUT2D eigenvalue weighted by Gasteiger charge is 2.27. The first-order chi connectivity index (χ1) is 9.24. The van der Waals surface area contributed by atoms with Crippen molar-refractivity contribution in [1.82, 2.24) is 0 Å². The largest absolute Gasteiger partial charge is 0.372 e. The number of benzene rings is 1. The number of rotatable bonds is 3. The van der Waals surface area contributed by atoms with E-state index in [0.29, 0.717) is 4.88 Å². The summed E-state index contributed by atoms with van der Waals surface area (Å²) in [4.78, 5) is 24.7. The molecule has 1 aromatic carbocycles. The van der Waals surface area contributed by atoms with E-state index in [2.05, 4.69) is 10.6 Å². The Bertz CT molecular complexity index is 622. The maximum atomic E-state index is 12.0. The number of nitrogens with one attached hydrogen (secondary N) is 2. The number of amides is 1. The van der Waals surface area contributed by atoms with Crippen molar-refractivity contribution in [2.75, 3.05) is 10.6 Å². The van der Waals surface area contributed by atoms with Crippen LogP contribution in [-0.2, 0) is 4.79 Å². The lowest BCUT2D eigenvalue weighted by Crippen LogP contribution is -2.40. The summed E-state index contributed by atoms with van der Waals surface area (Å²) < 4.78 is 0. The lowest BCUT2D eigenvalue weighted by atomic mass is 10.1. The summed E-state index contributed by atoms with van der Waals surface area (Å²) in [5, 5.41) is 7.78. The number of ketones is 1. The van der Waals surface area contributed by atoms with Crippen LogP contribution in [0.15, 0.2) is 41.8 Å². The van der Waals surface area contributed by atoms with Gasteiger partial charge in [-0.3, -0.25) is 9.59 Å². The fraction of sp³-hybridized carbons (Fsp3) is 0.143. The fourth-order valence-corrected chi connectivity index (χ4v) is 2.73. The first kappa shape index (κ1) is 11.9. The molecular formula is C14H12N2O2S. The Morgan fingerprint density at radius 3 is 2.68 bits per heavy atom. The zero-order valence-corrected chi connectivity index (χ0v) is 10.9. The topological polar surface area (TPSA) is 58.2 Å².